The van der Waals surface area contributed by atoms with E-state index in [2.05, 4.69) is 32.7 Å². The maximum Gasteiger partial charge on any atom is 0.0172 e. The highest BCUT2D eigenvalue weighted by Crippen LogP contribution is 2.08. The fourth-order valence-corrected chi connectivity index (χ4v) is 1.89. The van der Waals surface area contributed by atoms with Gasteiger partial charge in [0.05, 0.1) is 0 Å². The summed E-state index contributed by atoms with van der Waals surface area (Å²) in [5.74, 6) is 2.39. The van der Waals surface area contributed by atoms with Crippen molar-refractivity contribution in [2.45, 2.75) is 39.7 Å². The van der Waals surface area contributed by atoms with Gasteiger partial charge < -0.3 is 5.32 Å². The van der Waals surface area contributed by atoms with Crippen LogP contribution in [0.2, 0.25) is 0 Å². The Morgan fingerprint density at radius 1 is 1.46 bits per heavy atom. The first kappa shape index (κ1) is 13.1. The fraction of sp³-hybridized carbons (Fsp3) is 0.818. The van der Waals surface area contributed by atoms with Gasteiger partial charge in [-0.05, 0) is 12.2 Å². The van der Waals surface area contributed by atoms with Crippen LogP contribution in [0.5, 0.6) is 0 Å². The molecule has 0 atom stereocenters. The summed E-state index contributed by atoms with van der Waals surface area (Å²) in [5, 5.41) is 3.37. The first-order chi connectivity index (χ1) is 6.16. The SMILES string of the molecule is C=C(CNC(C)C)CSCCCC. The van der Waals surface area contributed by atoms with Gasteiger partial charge in [-0.3, -0.25) is 0 Å². The summed E-state index contributed by atoms with van der Waals surface area (Å²) in [6.45, 7) is 11.6. The standard InChI is InChI=1S/C11H23NS/c1-5-6-7-13-9-11(4)8-12-10(2)3/h10,12H,4-9H2,1-3H3. The Bertz CT molecular complexity index is 132. The van der Waals surface area contributed by atoms with Gasteiger partial charge in [0.25, 0.3) is 0 Å². The average Bonchev–Trinajstić information content (AvgIpc) is 2.09. The third kappa shape index (κ3) is 9.97. The van der Waals surface area contributed by atoms with E-state index >= 15 is 0 Å². The van der Waals surface area contributed by atoms with Crippen molar-refractivity contribution in [3.8, 4) is 0 Å². The predicted octanol–water partition coefficient (Wildman–Crippen LogP) is 3.07. The largest absolute Gasteiger partial charge is 0.311 e. The quantitative estimate of drug-likeness (QED) is 0.478. The number of rotatable bonds is 8. The van der Waals surface area contributed by atoms with E-state index in [1.165, 1.54) is 24.2 Å². The minimum atomic E-state index is 0.567. The van der Waals surface area contributed by atoms with Crippen LogP contribution in [-0.4, -0.2) is 24.1 Å². The van der Waals surface area contributed by atoms with Crippen molar-refractivity contribution in [2.75, 3.05) is 18.1 Å². The fourth-order valence-electron chi connectivity index (χ4n) is 0.862. The number of hydrogen-bond acceptors (Lipinski definition) is 2. The van der Waals surface area contributed by atoms with Crippen molar-refractivity contribution in [1.82, 2.24) is 5.32 Å². The summed E-state index contributed by atoms with van der Waals surface area (Å²) in [4.78, 5) is 0. The van der Waals surface area contributed by atoms with E-state index in [0.29, 0.717) is 6.04 Å². The molecule has 0 fully saturated rings. The Balaban J connectivity index is 3.20. The zero-order valence-electron chi connectivity index (χ0n) is 9.23. The zero-order chi connectivity index (χ0) is 10.1. The molecule has 0 aromatic rings. The molecule has 0 aliphatic heterocycles. The molecule has 13 heavy (non-hydrogen) atoms. The Kier molecular flexibility index (Phi) is 8.67. The smallest absolute Gasteiger partial charge is 0.0172 e. The van der Waals surface area contributed by atoms with E-state index in [0.717, 1.165) is 12.3 Å². The van der Waals surface area contributed by atoms with Crippen molar-refractivity contribution in [2.24, 2.45) is 0 Å². The van der Waals surface area contributed by atoms with Crippen molar-refractivity contribution in [1.29, 1.82) is 0 Å². The van der Waals surface area contributed by atoms with Gasteiger partial charge in [0.2, 0.25) is 0 Å². The molecule has 0 radical (unpaired) electrons. The molecule has 2 heteroatoms. The molecular weight excluding hydrogens is 178 g/mol. The molecule has 1 N–H and O–H groups in total. The van der Waals surface area contributed by atoms with E-state index < -0.39 is 0 Å². The molecule has 0 aliphatic carbocycles. The second-order valence-electron chi connectivity index (χ2n) is 3.69. The third-order valence-corrected chi connectivity index (χ3v) is 2.90. The second kappa shape index (κ2) is 8.64. The summed E-state index contributed by atoms with van der Waals surface area (Å²) in [5.41, 5.74) is 1.31. The molecule has 0 saturated heterocycles. The molecule has 1 nitrogen and oxygen atoms in total. The van der Waals surface area contributed by atoms with Crippen LogP contribution in [0.4, 0.5) is 0 Å². The van der Waals surface area contributed by atoms with Gasteiger partial charge in [0.1, 0.15) is 0 Å². The molecular formula is C11H23NS. The Morgan fingerprint density at radius 3 is 2.69 bits per heavy atom. The monoisotopic (exact) mass is 201 g/mol. The van der Waals surface area contributed by atoms with Gasteiger partial charge >= 0.3 is 0 Å². The molecule has 0 amide bonds. The van der Waals surface area contributed by atoms with E-state index in [1.807, 2.05) is 11.8 Å². The molecule has 0 aromatic heterocycles. The highest BCUT2D eigenvalue weighted by Gasteiger charge is 1.96. The van der Waals surface area contributed by atoms with Crippen LogP contribution >= 0.6 is 11.8 Å². The summed E-state index contributed by atoms with van der Waals surface area (Å²) in [6, 6.07) is 0.567. The summed E-state index contributed by atoms with van der Waals surface area (Å²) in [7, 11) is 0. The van der Waals surface area contributed by atoms with Gasteiger partial charge in [0.15, 0.2) is 0 Å². The van der Waals surface area contributed by atoms with Crippen LogP contribution in [0.15, 0.2) is 12.2 Å². The number of thioether (sulfide) groups is 1. The number of hydrogen-bond donors (Lipinski definition) is 1. The Hall–Kier alpha value is 0.0500. The normalized spacial score (nSPS) is 10.8. The van der Waals surface area contributed by atoms with E-state index in [4.69, 9.17) is 0 Å². The van der Waals surface area contributed by atoms with Crippen LogP contribution < -0.4 is 5.32 Å². The van der Waals surface area contributed by atoms with E-state index in [-0.39, 0.29) is 0 Å². The highest BCUT2D eigenvalue weighted by molar-refractivity contribution is 7.99. The molecule has 0 aromatic carbocycles. The lowest BCUT2D eigenvalue weighted by molar-refractivity contribution is 0.623. The van der Waals surface area contributed by atoms with Gasteiger partial charge in [0, 0.05) is 18.3 Å². The van der Waals surface area contributed by atoms with Crippen molar-refractivity contribution in [3.63, 3.8) is 0 Å². The Morgan fingerprint density at radius 2 is 2.15 bits per heavy atom. The topological polar surface area (TPSA) is 12.0 Å². The molecule has 0 heterocycles. The molecule has 0 unspecified atom stereocenters. The van der Waals surface area contributed by atoms with Crippen molar-refractivity contribution >= 4 is 11.8 Å². The van der Waals surface area contributed by atoms with E-state index in [1.54, 1.807) is 0 Å². The first-order valence-electron chi connectivity index (χ1n) is 5.14. The average molecular weight is 201 g/mol. The van der Waals surface area contributed by atoms with Crippen LogP contribution in [0, 0.1) is 0 Å². The van der Waals surface area contributed by atoms with Gasteiger partial charge in [-0.15, -0.1) is 0 Å². The van der Waals surface area contributed by atoms with Gasteiger partial charge in [-0.1, -0.05) is 39.3 Å². The third-order valence-electron chi connectivity index (χ3n) is 1.71. The molecule has 0 saturated carbocycles. The molecule has 0 aliphatic rings. The van der Waals surface area contributed by atoms with Gasteiger partial charge in [-0.25, -0.2) is 0 Å². The second-order valence-corrected chi connectivity index (χ2v) is 4.80. The lowest BCUT2D eigenvalue weighted by atomic mass is 10.3. The van der Waals surface area contributed by atoms with E-state index in [9.17, 15) is 0 Å². The summed E-state index contributed by atoms with van der Waals surface area (Å²) < 4.78 is 0. The zero-order valence-corrected chi connectivity index (χ0v) is 10.0. The molecule has 0 bridgehead atoms. The van der Waals surface area contributed by atoms with Crippen LogP contribution in [0.3, 0.4) is 0 Å². The predicted molar refractivity (Wildman–Crippen MR) is 64.5 cm³/mol. The van der Waals surface area contributed by atoms with Crippen LogP contribution in [0.1, 0.15) is 33.6 Å². The number of nitrogens with one attached hydrogen (secondary N) is 1. The number of unbranched alkanes of at least 4 members (excludes halogenated alkanes) is 1. The maximum absolute atomic E-state index is 4.04. The molecule has 0 rings (SSSR count). The minimum Gasteiger partial charge on any atom is -0.311 e. The summed E-state index contributed by atoms with van der Waals surface area (Å²) in [6.07, 6.45) is 2.62. The van der Waals surface area contributed by atoms with Crippen LogP contribution in [-0.2, 0) is 0 Å². The minimum absolute atomic E-state index is 0.567. The maximum atomic E-state index is 4.04. The summed E-state index contributed by atoms with van der Waals surface area (Å²) >= 11 is 2.00. The van der Waals surface area contributed by atoms with Crippen molar-refractivity contribution in [3.05, 3.63) is 12.2 Å². The lowest BCUT2D eigenvalue weighted by Gasteiger charge is -2.09. The van der Waals surface area contributed by atoms with Gasteiger partial charge in [-0.2, -0.15) is 11.8 Å². The first-order valence-corrected chi connectivity index (χ1v) is 6.30. The molecule has 0 spiro atoms. The van der Waals surface area contributed by atoms with Crippen LogP contribution in [0.25, 0.3) is 0 Å². The lowest BCUT2D eigenvalue weighted by Crippen LogP contribution is -2.25. The Labute approximate surface area is 87.4 Å². The van der Waals surface area contributed by atoms with Crippen molar-refractivity contribution < 1.29 is 0 Å². The highest BCUT2D eigenvalue weighted by atomic mass is 32.2. The molecule has 78 valence electrons.